The molecule has 4 aromatic rings. The van der Waals surface area contributed by atoms with E-state index in [4.69, 9.17) is 0 Å². The fourth-order valence-corrected chi connectivity index (χ4v) is 4.63. The van der Waals surface area contributed by atoms with Crippen molar-refractivity contribution < 1.29 is 4.79 Å². The average Bonchev–Trinajstić information content (AvgIpc) is 3.43. The third-order valence-electron chi connectivity index (χ3n) is 4.54. The summed E-state index contributed by atoms with van der Waals surface area (Å²) in [6.45, 7) is 4.01. The first-order chi connectivity index (χ1) is 14.6. The van der Waals surface area contributed by atoms with E-state index in [0.717, 1.165) is 32.7 Å². The molecule has 0 aliphatic rings. The normalized spacial score (nSPS) is 11.9. The van der Waals surface area contributed by atoms with E-state index in [1.807, 2.05) is 53.4 Å². The van der Waals surface area contributed by atoms with Crippen LogP contribution in [-0.2, 0) is 4.79 Å². The molecule has 0 aliphatic heterocycles. The van der Waals surface area contributed by atoms with Crippen LogP contribution in [0.2, 0.25) is 0 Å². The van der Waals surface area contributed by atoms with E-state index in [9.17, 15) is 4.79 Å². The number of para-hydroxylation sites is 1. The van der Waals surface area contributed by atoms with Gasteiger partial charge in [0, 0.05) is 35.7 Å². The Morgan fingerprint density at radius 3 is 2.90 bits per heavy atom. The first-order valence-corrected chi connectivity index (χ1v) is 11.4. The van der Waals surface area contributed by atoms with Crippen molar-refractivity contribution in [1.29, 1.82) is 0 Å². The maximum atomic E-state index is 12.5. The average molecular weight is 436 g/mol. The van der Waals surface area contributed by atoms with Crippen molar-refractivity contribution in [1.82, 2.24) is 24.8 Å². The Morgan fingerprint density at radius 1 is 1.23 bits per heavy atom. The van der Waals surface area contributed by atoms with Gasteiger partial charge in [0.15, 0.2) is 5.16 Å². The van der Waals surface area contributed by atoms with Crippen molar-refractivity contribution in [2.45, 2.75) is 25.0 Å². The van der Waals surface area contributed by atoms with Crippen LogP contribution in [0.3, 0.4) is 0 Å². The minimum Gasteiger partial charge on any atom is -0.346 e. The van der Waals surface area contributed by atoms with Crippen molar-refractivity contribution in [3.05, 3.63) is 77.1 Å². The lowest BCUT2D eigenvalue weighted by Gasteiger charge is -2.12. The van der Waals surface area contributed by atoms with E-state index in [0.29, 0.717) is 0 Å². The number of hydrogen-bond donors (Lipinski definition) is 1. The van der Waals surface area contributed by atoms with Crippen LogP contribution in [0, 0.1) is 6.92 Å². The van der Waals surface area contributed by atoms with Gasteiger partial charge < -0.3 is 5.32 Å². The van der Waals surface area contributed by atoms with Crippen molar-refractivity contribution in [3.63, 3.8) is 0 Å². The maximum Gasteiger partial charge on any atom is 0.231 e. The number of pyridine rings is 1. The molecule has 8 heteroatoms. The summed E-state index contributed by atoms with van der Waals surface area (Å²) in [5, 5.41) is 6.68. The molecule has 30 heavy (non-hydrogen) atoms. The number of aryl methyl sites for hydroxylation is 1. The lowest BCUT2D eigenvalue weighted by atomic mass is 10.2. The van der Waals surface area contributed by atoms with Crippen LogP contribution in [-0.4, -0.2) is 31.2 Å². The highest BCUT2D eigenvalue weighted by molar-refractivity contribution is 7.99. The SMILES string of the molecule is Cc1ccccc1-n1ccnc1SCC(=O)NC(C)c1nc(-c2cccnc2)cs1. The second-order valence-corrected chi connectivity index (χ2v) is 8.59. The van der Waals surface area contributed by atoms with Crippen molar-refractivity contribution in [3.8, 4) is 16.9 Å². The quantitative estimate of drug-likeness (QED) is 0.427. The standard InChI is InChI=1S/C22H21N5OS2/c1-15-6-3-4-8-19(15)27-11-10-24-22(27)30-14-20(28)25-16(2)21-26-18(13-29-21)17-7-5-9-23-12-17/h3-13,16H,14H2,1-2H3,(H,25,28). The molecule has 0 radical (unpaired) electrons. The van der Waals surface area contributed by atoms with E-state index in [1.165, 1.54) is 23.1 Å². The molecule has 1 atom stereocenters. The summed E-state index contributed by atoms with van der Waals surface area (Å²) < 4.78 is 2.01. The number of amides is 1. The predicted molar refractivity (Wildman–Crippen MR) is 121 cm³/mol. The van der Waals surface area contributed by atoms with Gasteiger partial charge in [0.2, 0.25) is 5.91 Å². The molecule has 3 heterocycles. The largest absolute Gasteiger partial charge is 0.346 e. The van der Waals surface area contributed by atoms with Crippen LogP contribution in [0.1, 0.15) is 23.5 Å². The number of rotatable bonds is 7. The molecule has 0 fully saturated rings. The summed E-state index contributed by atoms with van der Waals surface area (Å²) in [5.74, 6) is 0.235. The van der Waals surface area contributed by atoms with Gasteiger partial charge in [-0.1, -0.05) is 30.0 Å². The van der Waals surface area contributed by atoms with Gasteiger partial charge in [-0.25, -0.2) is 9.97 Å². The minimum absolute atomic E-state index is 0.0510. The number of aromatic nitrogens is 4. The Morgan fingerprint density at radius 2 is 2.10 bits per heavy atom. The van der Waals surface area contributed by atoms with E-state index in [-0.39, 0.29) is 17.7 Å². The van der Waals surface area contributed by atoms with Crippen molar-refractivity contribution in [2.75, 3.05) is 5.75 Å². The first kappa shape index (κ1) is 20.3. The molecule has 3 aromatic heterocycles. The van der Waals surface area contributed by atoms with Gasteiger partial charge >= 0.3 is 0 Å². The van der Waals surface area contributed by atoms with Gasteiger partial charge in [-0.15, -0.1) is 11.3 Å². The monoisotopic (exact) mass is 435 g/mol. The highest BCUT2D eigenvalue weighted by Gasteiger charge is 2.16. The van der Waals surface area contributed by atoms with Crippen LogP contribution < -0.4 is 5.32 Å². The Labute approximate surface area is 183 Å². The van der Waals surface area contributed by atoms with Crippen LogP contribution in [0.15, 0.2) is 71.7 Å². The number of imidazole rings is 1. The first-order valence-electron chi connectivity index (χ1n) is 9.49. The van der Waals surface area contributed by atoms with Crippen LogP contribution >= 0.6 is 23.1 Å². The summed E-state index contributed by atoms with van der Waals surface area (Å²) in [5.41, 5.74) is 4.07. The molecular formula is C22H21N5OS2. The van der Waals surface area contributed by atoms with Gasteiger partial charge in [0.1, 0.15) is 5.01 Å². The topological polar surface area (TPSA) is 72.7 Å². The molecule has 1 amide bonds. The third-order valence-corrected chi connectivity index (χ3v) is 6.54. The number of nitrogens with zero attached hydrogens (tertiary/aromatic N) is 4. The molecule has 1 unspecified atom stereocenters. The number of thioether (sulfide) groups is 1. The molecular weight excluding hydrogens is 414 g/mol. The van der Waals surface area contributed by atoms with E-state index < -0.39 is 0 Å². The van der Waals surface area contributed by atoms with Gasteiger partial charge in [0.05, 0.1) is 23.2 Å². The summed E-state index contributed by atoms with van der Waals surface area (Å²) in [7, 11) is 0. The Hall–Kier alpha value is -2.97. The van der Waals surface area contributed by atoms with Gasteiger partial charge in [-0.2, -0.15) is 0 Å². The highest BCUT2D eigenvalue weighted by atomic mass is 32.2. The molecule has 6 nitrogen and oxygen atoms in total. The third kappa shape index (κ3) is 4.60. The van der Waals surface area contributed by atoms with Crippen LogP contribution in [0.25, 0.3) is 16.9 Å². The van der Waals surface area contributed by atoms with Gasteiger partial charge in [-0.05, 0) is 37.6 Å². The second kappa shape index (κ2) is 9.23. The Balaban J connectivity index is 1.37. The predicted octanol–water partition coefficient (Wildman–Crippen LogP) is 4.67. The molecule has 0 saturated carbocycles. The maximum absolute atomic E-state index is 12.5. The fourth-order valence-electron chi connectivity index (χ4n) is 3.02. The van der Waals surface area contributed by atoms with E-state index in [1.54, 1.807) is 18.6 Å². The molecule has 152 valence electrons. The second-order valence-electron chi connectivity index (χ2n) is 6.76. The number of carbonyl (C=O) groups is 1. The molecule has 0 bridgehead atoms. The number of carbonyl (C=O) groups excluding carboxylic acids is 1. The molecule has 0 aliphatic carbocycles. The number of thiazole rings is 1. The Kier molecular flexibility index (Phi) is 6.25. The van der Waals surface area contributed by atoms with E-state index in [2.05, 4.69) is 33.3 Å². The fraction of sp³-hybridized carbons (Fsp3) is 0.182. The zero-order valence-corrected chi connectivity index (χ0v) is 18.3. The van der Waals surface area contributed by atoms with E-state index >= 15 is 0 Å². The molecule has 1 N–H and O–H groups in total. The van der Waals surface area contributed by atoms with Crippen molar-refractivity contribution >= 4 is 29.0 Å². The molecule has 0 spiro atoms. The minimum atomic E-state index is -0.162. The van der Waals surface area contributed by atoms with Crippen LogP contribution in [0.4, 0.5) is 0 Å². The highest BCUT2D eigenvalue weighted by Crippen LogP contribution is 2.26. The summed E-state index contributed by atoms with van der Waals surface area (Å²) >= 11 is 2.95. The Bertz CT molecular complexity index is 1140. The summed E-state index contributed by atoms with van der Waals surface area (Å²) in [6.07, 6.45) is 7.20. The zero-order valence-electron chi connectivity index (χ0n) is 16.6. The zero-order chi connectivity index (χ0) is 20.9. The van der Waals surface area contributed by atoms with Crippen molar-refractivity contribution in [2.24, 2.45) is 0 Å². The number of nitrogens with one attached hydrogen (secondary N) is 1. The molecule has 1 aromatic carbocycles. The van der Waals surface area contributed by atoms with Gasteiger partial charge in [0.25, 0.3) is 0 Å². The lowest BCUT2D eigenvalue weighted by molar-refractivity contribution is -0.119. The van der Waals surface area contributed by atoms with Crippen LogP contribution in [0.5, 0.6) is 0 Å². The smallest absolute Gasteiger partial charge is 0.231 e. The summed E-state index contributed by atoms with van der Waals surface area (Å²) in [6, 6.07) is 11.8. The molecule has 0 saturated heterocycles. The lowest BCUT2D eigenvalue weighted by Crippen LogP contribution is -2.28. The number of benzene rings is 1. The van der Waals surface area contributed by atoms with Gasteiger partial charge in [-0.3, -0.25) is 14.3 Å². The number of hydrogen-bond acceptors (Lipinski definition) is 6. The summed E-state index contributed by atoms with van der Waals surface area (Å²) in [4.78, 5) is 25.7. The molecule has 4 rings (SSSR count).